The summed E-state index contributed by atoms with van der Waals surface area (Å²) in [5, 5.41) is 3.01. The molecule has 4 nitrogen and oxygen atoms in total. The minimum absolute atomic E-state index is 0. The van der Waals surface area contributed by atoms with Gasteiger partial charge in [0.15, 0.2) is 0 Å². The molecule has 2 aliphatic rings. The molecule has 0 aromatic rings. The maximum Gasteiger partial charge on any atom is 0.223 e. The van der Waals surface area contributed by atoms with Crippen LogP contribution in [0.1, 0.15) is 32.1 Å². The summed E-state index contributed by atoms with van der Waals surface area (Å²) in [6, 6.07) is 0. The largest absolute Gasteiger partial charge is 0.376 e. The first-order valence-corrected chi connectivity index (χ1v) is 6.40. The number of rotatable bonds is 4. The van der Waals surface area contributed by atoms with E-state index in [1.54, 1.807) is 0 Å². The molecule has 100 valence electrons. The Kier molecular flexibility index (Phi) is 6.23. The molecular weight excluding hydrogens is 240 g/mol. The van der Waals surface area contributed by atoms with Gasteiger partial charge in [0.2, 0.25) is 5.91 Å². The molecule has 1 saturated heterocycles. The van der Waals surface area contributed by atoms with E-state index in [1.807, 2.05) is 0 Å². The van der Waals surface area contributed by atoms with Crippen LogP contribution in [0, 0.1) is 11.8 Å². The second kappa shape index (κ2) is 7.19. The van der Waals surface area contributed by atoms with Crippen LogP contribution >= 0.6 is 12.4 Å². The van der Waals surface area contributed by atoms with E-state index in [2.05, 4.69) is 5.32 Å². The SMILES string of the molecule is Cl.NC[C@H]1CCC[C@H]1C(=O)NCC1CCCO1. The Bertz CT molecular complexity index is 245. The molecular formula is C12H23ClN2O2. The monoisotopic (exact) mass is 262 g/mol. The number of hydrogen-bond acceptors (Lipinski definition) is 3. The molecule has 3 N–H and O–H groups in total. The third kappa shape index (κ3) is 3.83. The Morgan fingerprint density at radius 2 is 2.12 bits per heavy atom. The highest BCUT2D eigenvalue weighted by Gasteiger charge is 2.32. The van der Waals surface area contributed by atoms with Gasteiger partial charge < -0.3 is 15.8 Å². The van der Waals surface area contributed by atoms with Gasteiger partial charge in [-0.3, -0.25) is 4.79 Å². The lowest BCUT2D eigenvalue weighted by atomic mass is 9.95. The average Bonchev–Trinajstić information content (AvgIpc) is 2.96. The van der Waals surface area contributed by atoms with Crippen LogP contribution in [0.2, 0.25) is 0 Å². The molecule has 1 saturated carbocycles. The molecule has 3 atom stereocenters. The summed E-state index contributed by atoms with van der Waals surface area (Å²) in [6.45, 7) is 2.15. The summed E-state index contributed by atoms with van der Waals surface area (Å²) in [5.74, 6) is 0.722. The zero-order valence-corrected chi connectivity index (χ0v) is 11.0. The molecule has 1 unspecified atom stereocenters. The van der Waals surface area contributed by atoms with E-state index < -0.39 is 0 Å². The molecule has 0 bridgehead atoms. The van der Waals surface area contributed by atoms with Crippen LogP contribution in [0.4, 0.5) is 0 Å². The van der Waals surface area contributed by atoms with Crippen molar-refractivity contribution in [2.75, 3.05) is 19.7 Å². The molecule has 0 radical (unpaired) electrons. The highest BCUT2D eigenvalue weighted by Crippen LogP contribution is 2.30. The Balaban J connectivity index is 0.00000144. The van der Waals surface area contributed by atoms with Crippen LogP contribution in [0.5, 0.6) is 0 Å². The number of ether oxygens (including phenoxy) is 1. The predicted molar refractivity (Wildman–Crippen MR) is 69.1 cm³/mol. The van der Waals surface area contributed by atoms with Crippen LogP contribution in [0.15, 0.2) is 0 Å². The summed E-state index contributed by atoms with van der Waals surface area (Å²) in [5.41, 5.74) is 5.68. The lowest BCUT2D eigenvalue weighted by Crippen LogP contribution is -2.38. The van der Waals surface area contributed by atoms with Crippen molar-refractivity contribution >= 4 is 18.3 Å². The van der Waals surface area contributed by atoms with Crippen molar-refractivity contribution in [2.24, 2.45) is 17.6 Å². The van der Waals surface area contributed by atoms with Gasteiger partial charge >= 0.3 is 0 Å². The van der Waals surface area contributed by atoms with Crippen LogP contribution < -0.4 is 11.1 Å². The molecule has 1 heterocycles. The van der Waals surface area contributed by atoms with Crippen LogP contribution in [0.3, 0.4) is 0 Å². The molecule has 1 aliphatic heterocycles. The fraction of sp³-hybridized carbons (Fsp3) is 0.917. The van der Waals surface area contributed by atoms with Crippen molar-refractivity contribution in [3.63, 3.8) is 0 Å². The van der Waals surface area contributed by atoms with Crippen molar-refractivity contribution in [3.8, 4) is 0 Å². The van der Waals surface area contributed by atoms with E-state index in [4.69, 9.17) is 10.5 Å². The van der Waals surface area contributed by atoms with E-state index >= 15 is 0 Å². The molecule has 5 heteroatoms. The molecule has 0 spiro atoms. The van der Waals surface area contributed by atoms with Crippen LogP contribution in [-0.2, 0) is 9.53 Å². The second-order valence-electron chi connectivity index (χ2n) is 4.91. The number of hydrogen-bond donors (Lipinski definition) is 2. The van der Waals surface area contributed by atoms with E-state index in [-0.39, 0.29) is 30.3 Å². The Morgan fingerprint density at radius 1 is 1.29 bits per heavy atom. The van der Waals surface area contributed by atoms with Crippen molar-refractivity contribution in [1.29, 1.82) is 0 Å². The van der Waals surface area contributed by atoms with Gasteiger partial charge in [0, 0.05) is 19.1 Å². The first kappa shape index (κ1) is 14.7. The van der Waals surface area contributed by atoms with Crippen LogP contribution in [0.25, 0.3) is 0 Å². The molecule has 2 rings (SSSR count). The zero-order chi connectivity index (χ0) is 11.4. The van der Waals surface area contributed by atoms with Gasteiger partial charge in [-0.15, -0.1) is 12.4 Å². The van der Waals surface area contributed by atoms with E-state index in [1.165, 1.54) is 0 Å². The van der Waals surface area contributed by atoms with Gasteiger partial charge in [-0.2, -0.15) is 0 Å². The predicted octanol–water partition coefficient (Wildman–Crippen LogP) is 1.08. The zero-order valence-electron chi connectivity index (χ0n) is 10.2. The van der Waals surface area contributed by atoms with Crippen molar-refractivity contribution < 1.29 is 9.53 Å². The summed E-state index contributed by atoms with van der Waals surface area (Å²) >= 11 is 0. The Morgan fingerprint density at radius 3 is 2.76 bits per heavy atom. The quantitative estimate of drug-likeness (QED) is 0.797. The van der Waals surface area contributed by atoms with Crippen molar-refractivity contribution in [2.45, 2.75) is 38.2 Å². The van der Waals surface area contributed by atoms with E-state index in [0.29, 0.717) is 19.0 Å². The molecule has 0 aromatic heterocycles. The smallest absolute Gasteiger partial charge is 0.223 e. The van der Waals surface area contributed by atoms with Crippen molar-refractivity contribution in [3.05, 3.63) is 0 Å². The minimum Gasteiger partial charge on any atom is -0.376 e. The number of nitrogens with two attached hydrogens (primary N) is 1. The summed E-state index contributed by atoms with van der Waals surface area (Å²) in [7, 11) is 0. The Labute approximate surface area is 109 Å². The second-order valence-corrected chi connectivity index (χ2v) is 4.91. The van der Waals surface area contributed by atoms with Gasteiger partial charge in [0.1, 0.15) is 0 Å². The Hall–Kier alpha value is -0.320. The number of carbonyl (C=O) groups excluding carboxylic acids is 1. The lowest BCUT2D eigenvalue weighted by Gasteiger charge is -2.18. The van der Waals surface area contributed by atoms with Gasteiger partial charge in [0.25, 0.3) is 0 Å². The lowest BCUT2D eigenvalue weighted by molar-refractivity contribution is -0.126. The molecule has 1 aliphatic carbocycles. The highest BCUT2D eigenvalue weighted by atomic mass is 35.5. The first-order chi connectivity index (χ1) is 7.81. The van der Waals surface area contributed by atoms with Crippen molar-refractivity contribution in [1.82, 2.24) is 5.32 Å². The molecule has 0 aromatic carbocycles. The topological polar surface area (TPSA) is 64.4 Å². The molecule has 1 amide bonds. The maximum atomic E-state index is 11.9. The summed E-state index contributed by atoms with van der Waals surface area (Å²) in [4.78, 5) is 11.9. The van der Waals surface area contributed by atoms with Gasteiger partial charge in [0.05, 0.1) is 6.10 Å². The summed E-state index contributed by atoms with van der Waals surface area (Å²) < 4.78 is 5.48. The van der Waals surface area contributed by atoms with E-state index in [9.17, 15) is 4.79 Å². The third-order valence-electron chi connectivity index (χ3n) is 3.83. The van der Waals surface area contributed by atoms with Gasteiger partial charge in [-0.05, 0) is 38.1 Å². The third-order valence-corrected chi connectivity index (χ3v) is 3.83. The minimum atomic E-state index is 0. The average molecular weight is 263 g/mol. The number of carbonyl (C=O) groups is 1. The van der Waals surface area contributed by atoms with Gasteiger partial charge in [-0.25, -0.2) is 0 Å². The first-order valence-electron chi connectivity index (χ1n) is 6.40. The fourth-order valence-corrected chi connectivity index (χ4v) is 2.81. The number of nitrogens with one attached hydrogen (secondary N) is 1. The maximum absolute atomic E-state index is 11.9. The van der Waals surface area contributed by atoms with E-state index in [0.717, 1.165) is 38.7 Å². The number of amides is 1. The number of halogens is 1. The summed E-state index contributed by atoms with van der Waals surface area (Å²) in [6.07, 6.45) is 5.68. The standard InChI is InChI=1S/C12H22N2O2.ClH/c13-7-9-3-1-5-11(9)12(15)14-8-10-4-2-6-16-10;/h9-11H,1-8,13H2,(H,14,15);1H/t9-,10?,11-;/m1./s1. The highest BCUT2D eigenvalue weighted by molar-refractivity contribution is 5.85. The normalized spacial score (nSPS) is 32.2. The van der Waals surface area contributed by atoms with Crippen LogP contribution in [-0.4, -0.2) is 31.7 Å². The molecule has 2 fully saturated rings. The van der Waals surface area contributed by atoms with Gasteiger partial charge in [-0.1, -0.05) is 6.42 Å². The fourth-order valence-electron chi connectivity index (χ4n) is 2.81. The molecule has 17 heavy (non-hydrogen) atoms.